The second-order valence-electron chi connectivity index (χ2n) is 18.5. The second kappa shape index (κ2) is 19.9. The van der Waals surface area contributed by atoms with E-state index >= 15 is 0 Å². The third-order valence-electron chi connectivity index (χ3n) is 11.5. The van der Waals surface area contributed by atoms with Gasteiger partial charge in [-0.2, -0.15) is 0 Å². The van der Waals surface area contributed by atoms with Gasteiger partial charge in [0.15, 0.2) is 5.78 Å². The molecule has 3 heterocycles. The van der Waals surface area contributed by atoms with E-state index in [0.717, 1.165) is 72.8 Å². The molecule has 0 radical (unpaired) electrons. The van der Waals surface area contributed by atoms with Crippen molar-refractivity contribution < 1.29 is 29.0 Å². The van der Waals surface area contributed by atoms with Crippen LogP contribution in [0.15, 0.2) is 53.6 Å². The van der Waals surface area contributed by atoms with Crippen molar-refractivity contribution in [3.8, 4) is 10.4 Å². The lowest BCUT2D eigenvalue weighted by Gasteiger charge is -2.45. The van der Waals surface area contributed by atoms with E-state index in [1.165, 1.54) is 5.57 Å². The van der Waals surface area contributed by atoms with E-state index in [-0.39, 0.29) is 36.0 Å². The van der Waals surface area contributed by atoms with E-state index < -0.39 is 29.1 Å². The maximum absolute atomic E-state index is 13.8. The van der Waals surface area contributed by atoms with Gasteiger partial charge in [-0.25, -0.2) is 9.78 Å². The molecule has 2 aromatic rings. The predicted molar refractivity (Wildman–Crippen MR) is 229 cm³/mol. The highest BCUT2D eigenvalue weighted by Crippen LogP contribution is 2.32. The monoisotopic (exact) mass is 818 g/mol. The van der Waals surface area contributed by atoms with Crippen molar-refractivity contribution in [3.05, 3.63) is 64.8 Å². The minimum absolute atomic E-state index is 0.0651. The molecule has 3 aliphatic rings. The molecule has 0 saturated carbocycles. The molecule has 1 aliphatic carbocycles. The molecule has 318 valence electrons. The number of hydrogen-bond donors (Lipinski definition) is 4. The number of carbonyl (C=O) groups is 4. The number of aliphatic hydroxyl groups excluding tert-OH is 1. The summed E-state index contributed by atoms with van der Waals surface area (Å²) in [5, 5.41) is 19.6. The normalized spacial score (nSPS) is 21.6. The van der Waals surface area contributed by atoms with Gasteiger partial charge >= 0.3 is 6.09 Å². The average Bonchev–Trinajstić information content (AvgIpc) is 3.47. The van der Waals surface area contributed by atoms with Crippen LogP contribution in [0.5, 0.6) is 0 Å². The molecule has 1 unspecified atom stereocenters. The number of thiazole rings is 1. The highest BCUT2D eigenvalue weighted by atomic mass is 32.1. The van der Waals surface area contributed by atoms with Crippen molar-refractivity contribution in [1.82, 2.24) is 30.7 Å². The van der Waals surface area contributed by atoms with Gasteiger partial charge in [0.1, 0.15) is 5.60 Å². The Labute approximate surface area is 349 Å². The fraction of sp³-hybridized carbons (Fsp3) is 0.622. The molecule has 1 aromatic heterocycles. The number of carbonyl (C=O) groups excluding carboxylic acids is 4. The molecular formula is C45H66N6O6S. The number of nitrogens with zero attached hydrogens (tertiary/aromatic N) is 3. The first-order chi connectivity index (χ1) is 27.3. The molecule has 4 atom stereocenters. The van der Waals surface area contributed by atoms with Gasteiger partial charge < -0.3 is 25.8 Å². The Morgan fingerprint density at radius 2 is 1.78 bits per heavy atom. The van der Waals surface area contributed by atoms with Crippen LogP contribution in [0.1, 0.15) is 97.7 Å². The fourth-order valence-electron chi connectivity index (χ4n) is 8.16. The van der Waals surface area contributed by atoms with Gasteiger partial charge in [-0.05, 0) is 88.8 Å². The number of Topliss-reactive ketones (excluding diaryl/α,β-unsaturated/α-hetero) is 1. The number of amides is 3. The zero-order valence-electron chi connectivity index (χ0n) is 35.7. The summed E-state index contributed by atoms with van der Waals surface area (Å²) in [5.74, 6) is -0.774. The van der Waals surface area contributed by atoms with Crippen molar-refractivity contribution in [1.29, 1.82) is 0 Å². The van der Waals surface area contributed by atoms with Crippen LogP contribution in [-0.2, 0) is 25.7 Å². The number of rotatable bonds is 15. The highest BCUT2D eigenvalue weighted by Gasteiger charge is 2.36. The first-order valence-corrected chi connectivity index (χ1v) is 21.8. The number of aryl methyl sites for hydroxylation is 1. The minimum Gasteiger partial charge on any atom is -0.444 e. The Kier molecular flexibility index (Phi) is 15.5. The number of ether oxygens (including phenoxy) is 1. The Hall–Kier alpha value is -3.91. The molecule has 5 rings (SSSR count). The number of aromatic nitrogens is 1. The summed E-state index contributed by atoms with van der Waals surface area (Å²) < 4.78 is 5.32. The molecule has 58 heavy (non-hydrogen) atoms. The lowest BCUT2D eigenvalue weighted by Crippen LogP contribution is -2.60. The van der Waals surface area contributed by atoms with Crippen molar-refractivity contribution in [2.24, 2.45) is 17.3 Å². The summed E-state index contributed by atoms with van der Waals surface area (Å²) in [7, 11) is 0. The maximum atomic E-state index is 13.8. The quantitative estimate of drug-likeness (QED) is 0.155. The van der Waals surface area contributed by atoms with Crippen LogP contribution in [0, 0.1) is 24.2 Å². The summed E-state index contributed by atoms with van der Waals surface area (Å²) >= 11 is 1.60. The van der Waals surface area contributed by atoms with Crippen molar-refractivity contribution >= 4 is 35.0 Å². The minimum atomic E-state index is -0.729. The van der Waals surface area contributed by atoms with Gasteiger partial charge in [0.05, 0.1) is 34.1 Å². The van der Waals surface area contributed by atoms with Crippen LogP contribution in [-0.4, -0.2) is 107 Å². The van der Waals surface area contributed by atoms with Crippen LogP contribution in [0.2, 0.25) is 0 Å². The second-order valence-corrected chi connectivity index (χ2v) is 19.4. The third-order valence-corrected chi connectivity index (χ3v) is 12.4. The largest absolute Gasteiger partial charge is 0.444 e. The maximum Gasteiger partial charge on any atom is 0.407 e. The van der Waals surface area contributed by atoms with Crippen molar-refractivity contribution in [3.63, 3.8) is 0 Å². The Balaban J connectivity index is 1.05. The van der Waals surface area contributed by atoms with E-state index in [0.29, 0.717) is 44.8 Å². The molecule has 13 heteroatoms. The topological polar surface area (TPSA) is 153 Å². The molecule has 1 aromatic carbocycles. The number of aliphatic hydroxyl groups is 1. The van der Waals surface area contributed by atoms with E-state index in [2.05, 4.69) is 37.3 Å². The van der Waals surface area contributed by atoms with Crippen LogP contribution < -0.4 is 16.0 Å². The molecule has 2 saturated heterocycles. The van der Waals surface area contributed by atoms with Gasteiger partial charge in [-0.15, -0.1) is 11.3 Å². The first-order valence-electron chi connectivity index (χ1n) is 20.9. The Morgan fingerprint density at radius 3 is 2.43 bits per heavy atom. The standard InChI is InChI=1S/C45H66N6O6S/c1-29-15-18-51(36-26-50(27-36)20-17-46-43(56)57-45(6,7)8)19-16-33(29)13-14-39(54)49-41(44(3,4)5)38(53)23-32-21-35(24-37(52)22-32)42(55)47-25-31-9-11-34(12-10-31)40-30(2)48-28-58-40/h9-12,21,28,33,35-37,41,52H,1,13-20,22-27H2,2-8H3,(H,46,56)(H,47,55)(H,49,54)/t33?,35-,37-,41+/m0/s1. The van der Waals surface area contributed by atoms with Crippen LogP contribution >= 0.6 is 11.3 Å². The van der Waals surface area contributed by atoms with E-state index in [4.69, 9.17) is 4.74 Å². The summed E-state index contributed by atoms with van der Waals surface area (Å²) in [6.07, 6.45) is 4.23. The summed E-state index contributed by atoms with van der Waals surface area (Å²) in [4.78, 5) is 62.8. The molecule has 2 aliphatic heterocycles. The highest BCUT2D eigenvalue weighted by molar-refractivity contribution is 7.13. The summed E-state index contributed by atoms with van der Waals surface area (Å²) in [5.41, 5.74) is 5.75. The third kappa shape index (κ3) is 13.3. The molecular weight excluding hydrogens is 753 g/mol. The Morgan fingerprint density at radius 1 is 1.05 bits per heavy atom. The Bertz CT molecular complexity index is 1790. The van der Waals surface area contributed by atoms with Gasteiger partial charge in [-0.1, -0.05) is 68.8 Å². The zero-order valence-corrected chi connectivity index (χ0v) is 36.5. The number of hydrogen-bond acceptors (Lipinski definition) is 10. The smallest absolute Gasteiger partial charge is 0.407 e. The number of likely N-dealkylation sites (tertiary alicyclic amines) is 2. The number of nitrogens with one attached hydrogen (secondary N) is 3. The molecule has 4 N–H and O–H groups in total. The van der Waals surface area contributed by atoms with E-state index in [1.807, 2.05) is 84.3 Å². The van der Waals surface area contributed by atoms with Crippen molar-refractivity contribution in [2.45, 2.75) is 124 Å². The molecule has 0 bridgehead atoms. The summed E-state index contributed by atoms with van der Waals surface area (Å²) in [6, 6.07) is 7.82. The zero-order chi connectivity index (χ0) is 42.2. The van der Waals surface area contributed by atoms with Gasteiger partial charge in [0, 0.05) is 58.2 Å². The number of benzene rings is 1. The van der Waals surface area contributed by atoms with Crippen molar-refractivity contribution in [2.75, 3.05) is 39.3 Å². The molecule has 0 spiro atoms. The van der Waals surface area contributed by atoms with E-state index in [9.17, 15) is 24.3 Å². The van der Waals surface area contributed by atoms with Gasteiger partial charge in [-0.3, -0.25) is 24.2 Å². The van der Waals surface area contributed by atoms with E-state index in [1.54, 1.807) is 11.3 Å². The molecule has 12 nitrogen and oxygen atoms in total. The first kappa shape index (κ1) is 45.2. The molecule has 3 amide bonds. The SMILES string of the molecule is C=C1CCN(C2CN(CCNC(=O)OC(C)(C)C)C2)CCC1CCC(=O)N[C@H](C(=O)CC1=C[C@H](C(=O)NCc2ccc(-c3scnc3C)cc2)C[C@@H](O)C1)C(C)(C)C. The van der Waals surface area contributed by atoms with Crippen LogP contribution in [0.4, 0.5) is 4.79 Å². The van der Waals surface area contributed by atoms with Gasteiger partial charge in [0.25, 0.3) is 0 Å². The predicted octanol–water partition coefficient (Wildman–Crippen LogP) is 6.18. The molecule has 2 fully saturated rings. The lowest BCUT2D eigenvalue weighted by molar-refractivity contribution is -0.130. The van der Waals surface area contributed by atoms with Crippen LogP contribution in [0.25, 0.3) is 10.4 Å². The van der Waals surface area contributed by atoms with Crippen LogP contribution in [0.3, 0.4) is 0 Å². The summed E-state index contributed by atoms with van der Waals surface area (Å²) in [6.45, 7) is 23.3. The lowest BCUT2D eigenvalue weighted by atomic mass is 9.79. The average molecular weight is 819 g/mol. The number of ketones is 1. The number of alkyl carbamates (subject to hydrolysis) is 1. The fourth-order valence-corrected chi connectivity index (χ4v) is 8.97. The van der Waals surface area contributed by atoms with Gasteiger partial charge in [0.2, 0.25) is 11.8 Å².